The number of hydrogen-bond donors (Lipinski definition) is 1. The first-order valence-corrected chi connectivity index (χ1v) is 9.40. The van der Waals surface area contributed by atoms with Crippen molar-refractivity contribution >= 4 is 17.7 Å². The molecule has 1 aliphatic rings. The minimum Gasteiger partial charge on any atom is -0.507 e. The highest BCUT2D eigenvalue weighted by atomic mass is 35.5. The summed E-state index contributed by atoms with van der Waals surface area (Å²) in [5.74, 6) is 1.82. The molecular formula is C21H29ClO2. The second kappa shape index (κ2) is 8.62. The number of aryl methyl sites for hydroxylation is 1. The molecule has 0 fully saturated rings. The molecule has 2 nitrogen and oxygen atoms in total. The number of halogens is 1. The van der Waals surface area contributed by atoms with Gasteiger partial charge in [-0.05, 0) is 82.7 Å². The Balaban J connectivity index is 2.08. The van der Waals surface area contributed by atoms with Crippen molar-refractivity contribution in [3.63, 3.8) is 0 Å². The van der Waals surface area contributed by atoms with E-state index in [-0.39, 0.29) is 5.60 Å². The number of allylic oxidation sites excluding steroid dienone is 2. The van der Waals surface area contributed by atoms with E-state index in [1.54, 1.807) is 0 Å². The molecule has 1 unspecified atom stereocenters. The lowest BCUT2D eigenvalue weighted by Gasteiger charge is -2.32. The summed E-state index contributed by atoms with van der Waals surface area (Å²) in [4.78, 5) is 0. The number of benzene rings is 1. The molecule has 0 spiro atoms. The van der Waals surface area contributed by atoms with Crippen LogP contribution >= 0.6 is 11.6 Å². The Bertz CT molecular complexity index is 615. The Kier molecular flexibility index (Phi) is 6.79. The molecule has 2 rings (SSSR count). The molecule has 0 aliphatic carbocycles. The smallest absolute Gasteiger partial charge is 0.131 e. The lowest BCUT2D eigenvalue weighted by atomic mass is 9.93. The Morgan fingerprint density at radius 1 is 1.25 bits per heavy atom. The van der Waals surface area contributed by atoms with Gasteiger partial charge in [0.1, 0.15) is 17.1 Å². The molecule has 24 heavy (non-hydrogen) atoms. The van der Waals surface area contributed by atoms with Crippen LogP contribution in [0.5, 0.6) is 11.5 Å². The Morgan fingerprint density at radius 3 is 2.75 bits per heavy atom. The van der Waals surface area contributed by atoms with Crippen molar-refractivity contribution in [2.45, 2.75) is 64.9 Å². The van der Waals surface area contributed by atoms with E-state index in [1.165, 1.54) is 5.57 Å². The zero-order valence-corrected chi connectivity index (χ0v) is 15.8. The van der Waals surface area contributed by atoms with E-state index >= 15 is 0 Å². The molecule has 132 valence electrons. The molecule has 1 aromatic carbocycles. The first-order chi connectivity index (χ1) is 11.4. The van der Waals surface area contributed by atoms with Crippen molar-refractivity contribution in [3.05, 3.63) is 41.0 Å². The predicted octanol–water partition coefficient (Wildman–Crippen LogP) is 6.25. The van der Waals surface area contributed by atoms with Crippen molar-refractivity contribution in [1.82, 2.24) is 0 Å². The summed E-state index contributed by atoms with van der Waals surface area (Å²) in [5.41, 5.74) is 2.93. The number of rotatable bonds is 8. The molecule has 0 aromatic heterocycles. The van der Waals surface area contributed by atoms with E-state index < -0.39 is 0 Å². The van der Waals surface area contributed by atoms with E-state index in [2.05, 4.69) is 39.0 Å². The van der Waals surface area contributed by atoms with Crippen LogP contribution in [0.2, 0.25) is 0 Å². The van der Waals surface area contributed by atoms with E-state index in [0.29, 0.717) is 11.6 Å². The molecule has 1 heterocycles. The van der Waals surface area contributed by atoms with E-state index in [9.17, 15) is 5.11 Å². The Labute approximate surface area is 151 Å². The number of hydrogen-bond acceptors (Lipinski definition) is 2. The van der Waals surface area contributed by atoms with Crippen molar-refractivity contribution in [2.24, 2.45) is 0 Å². The van der Waals surface area contributed by atoms with Crippen LogP contribution in [0.25, 0.3) is 6.08 Å². The maximum absolute atomic E-state index is 10.3. The lowest BCUT2D eigenvalue weighted by molar-refractivity contribution is 0.128. The molecule has 0 saturated carbocycles. The molecule has 0 saturated heterocycles. The SMILES string of the molecule is CC(C)=CCCC1(C)C=Cc2c(O)cc(CCCCCCl)cc2O1. The summed E-state index contributed by atoms with van der Waals surface area (Å²) >= 11 is 5.72. The number of phenols is 1. The third-order valence-corrected chi connectivity index (χ3v) is 4.69. The highest BCUT2D eigenvalue weighted by Crippen LogP contribution is 2.39. The average Bonchev–Trinajstić information content (AvgIpc) is 2.50. The molecule has 1 N–H and O–H groups in total. The van der Waals surface area contributed by atoms with Gasteiger partial charge in [-0.2, -0.15) is 0 Å². The van der Waals surface area contributed by atoms with Crippen LogP contribution in [0.15, 0.2) is 29.9 Å². The van der Waals surface area contributed by atoms with Crippen molar-refractivity contribution < 1.29 is 9.84 Å². The van der Waals surface area contributed by atoms with Crippen LogP contribution in [0.3, 0.4) is 0 Å². The van der Waals surface area contributed by atoms with Gasteiger partial charge in [-0.3, -0.25) is 0 Å². The zero-order valence-electron chi connectivity index (χ0n) is 15.1. The Morgan fingerprint density at radius 2 is 2.04 bits per heavy atom. The van der Waals surface area contributed by atoms with Crippen molar-refractivity contribution in [1.29, 1.82) is 0 Å². The van der Waals surface area contributed by atoms with Gasteiger partial charge in [0.2, 0.25) is 0 Å². The largest absolute Gasteiger partial charge is 0.507 e. The number of ether oxygens (including phenoxy) is 1. The summed E-state index contributed by atoms with van der Waals surface area (Å²) in [5, 5.41) is 10.3. The van der Waals surface area contributed by atoms with Gasteiger partial charge in [0, 0.05) is 5.88 Å². The van der Waals surface area contributed by atoms with Crippen molar-refractivity contribution in [3.8, 4) is 11.5 Å². The third-order valence-electron chi connectivity index (χ3n) is 4.42. The molecule has 3 heteroatoms. The topological polar surface area (TPSA) is 29.5 Å². The second-order valence-corrected chi connectivity index (χ2v) is 7.47. The minimum atomic E-state index is -0.317. The summed E-state index contributed by atoms with van der Waals surface area (Å²) in [6.45, 7) is 6.34. The second-order valence-electron chi connectivity index (χ2n) is 7.09. The van der Waals surface area contributed by atoms with Gasteiger partial charge in [-0.15, -0.1) is 11.6 Å². The highest BCUT2D eigenvalue weighted by molar-refractivity contribution is 6.17. The average molecular weight is 349 g/mol. The fourth-order valence-electron chi connectivity index (χ4n) is 2.99. The van der Waals surface area contributed by atoms with Gasteiger partial charge in [-0.1, -0.05) is 18.1 Å². The van der Waals surface area contributed by atoms with Gasteiger partial charge in [0.25, 0.3) is 0 Å². The normalized spacial score (nSPS) is 18.8. The molecule has 1 aromatic rings. The van der Waals surface area contributed by atoms with Crippen LogP contribution in [0.4, 0.5) is 0 Å². The van der Waals surface area contributed by atoms with Crippen LogP contribution < -0.4 is 4.74 Å². The van der Waals surface area contributed by atoms with E-state index in [1.807, 2.05) is 12.1 Å². The fourth-order valence-corrected chi connectivity index (χ4v) is 3.18. The summed E-state index contributed by atoms with van der Waals surface area (Å²) < 4.78 is 6.25. The zero-order chi connectivity index (χ0) is 17.6. The summed E-state index contributed by atoms with van der Waals surface area (Å²) in [6, 6.07) is 3.94. The number of fused-ring (bicyclic) bond motifs is 1. The molecule has 0 bridgehead atoms. The fraction of sp³-hybridized carbons (Fsp3) is 0.524. The van der Waals surface area contributed by atoms with Gasteiger partial charge < -0.3 is 9.84 Å². The maximum atomic E-state index is 10.3. The van der Waals surface area contributed by atoms with Crippen LogP contribution in [-0.4, -0.2) is 16.6 Å². The standard InChI is InChI=1S/C21H29ClO2/c1-16(2)8-7-11-21(3)12-10-18-19(23)14-17(15-20(18)24-21)9-5-4-6-13-22/h8,10,12,14-15,23H,4-7,9,11,13H2,1-3H3. The lowest BCUT2D eigenvalue weighted by Crippen LogP contribution is -2.31. The summed E-state index contributed by atoms with van der Waals surface area (Å²) in [6.07, 6.45) is 12.4. The van der Waals surface area contributed by atoms with Gasteiger partial charge in [0.05, 0.1) is 5.56 Å². The first-order valence-electron chi connectivity index (χ1n) is 8.87. The van der Waals surface area contributed by atoms with E-state index in [0.717, 1.165) is 55.4 Å². The van der Waals surface area contributed by atoms with Crippen LogP contribution in [-0.2, 0) is 6.42 Å². The Hall–Kier alpha value is -1.41. The van der Waals surface area contributed by atoms with Gasteiger partial charge in [-0.25, -0.2) is 0 Å². The number of alkyl halides is 1. The first kappa shape index (κ1) is 18.9. The molecule has 1 atom stereocenters. The number of aromatic hydroxyl groups is 1. The minimum absolute atomic E-state index is 0.308. The predicted molar refractivity (Wildman–Crippen MR) is 103 cm³/mol. The quantitative estimate of drug-likeness (QED) is 0.341. The highest BCUT2D eigenvalue weighted by Gasteiger charge is 2.28. The summed E-state index contributed by atoms with van der Waals surface area (Å²) in [7, 11) is 0. The molecular weight excluding hydrogens is 320 g/mol. The van der Waals surface area contributed by atoms with Gasteiger partial charge >= 0.3 is 0 Å². The molecule has 1 aliphatic heterocycles. The van der Waals surface area contributed by atoms with Crippen LogP contribution in [0.1, 0.15) is 64.0 Å². The third kappa shape index (κ3) is 5.31. The monoisotopic (exact) mass is 348 g/mol. The molecule has 0 amide bonds. The van der Waals surface area contributed by atoms with Crippen LogP contribution in [0, 0.1) is 0 Å². The van der Waals surface area contributed by atoms with Gasteiger partial charge in [0.15, 0.2) is 0 Å². The molecule has 0 radical (unpaired) electrons. The number of phenolic OH excluding ortho intramolecular Hbond substituents is 1. The van der Waals surface area contributed by atoms with Crippen molar-refractivity contribution in [2.75, 3.05) is 5.88 Å². The number of unbranched alkanes of at least 4 members (excludes halogenated alkanes) is 2. The maximum Gasteiger partial charge on any atom is 0.131 e. The van der Waals surface area contributed by atoms with E-state index in [4.69, 9.17) is 16.3 Å².